The minimum Gasteiger partial charge on any atom is -0.311 e. The molecule has 0 saturated heterocycles. The average Bonchev–Trinajstić information content (AvgIpc) is 2.00. The highest BCUT2D eigenvalue weighted by Crippen LogP contribution is 2.10. The van der Waals surface area contributed by atoms with E-state index in [1.807, 2.05) is 6.08 Å². The highest BCUT2D eigenvalue weighted by atomic mass is 14.9. The summed E-state index contributed by atoms with van der Waals surface area (Å²) in [7, 11) is 0. The maximum absolute atomic E-state index is 3.82. The van der Waals surface area contributed by atoms with Crippen LogP contribution in [-0.4, -0.2) is 12.6 Å². The fourth-order valence-electron chi connectivity index (χ4n) is 1.39. The van der Waals surface area contributed by atoms with Crippen LogP contribution in [-0.2, 0) is 0 Å². The number of rotatable bonds is 6. The Labute approximate surface area is 70.9 Å². The molecular weight excluding hydrogens is 134 g/mol. The van der Waals surface area contributed by atoms with Gasteiger partial charge in [0.1, 0.15) is 0 Å². The summed E-state index contributed by atoms with van der Waals surface area (Å²) < 4.78 is 0. The van der Waals surface area contributed by atoms with Crippen LogP contribution in [0.4, 0.5) is 0 Å². The first-order chi connectivity index (χ1) is 5.26. The molecule has 2 unspecified atom stereocenters. The highest BCUT2D eigenvalue weighted by Gasteiger charge is 2.10. The predicted octanol–water partition coefficient (Wildman–Crippen LogP) is 2.59. The fraction of sp³-hybridized carbons (Fsp3) is 0.800. The lowest BCUT2D eigenvalue weighted by molar-refractivity contribution is 0.414. The van der Waals surface area contributed by atoms with Gasteiger partial charge in [0, 0.05) is 6.04 Å². The van der Waals surface area contributed by atoms with Crippen molar-refractivity contribution in [1.82, 2.24) is 5.32 Å². The van der Waals surface area contributed by atoms with E-state index in [-0.39, 0.29) is 0 Å². The van der Waals surface area contributed by atoms with E-state index < -0.39 is 0 Å². The van der Waals surface area contributed by atoms with Gasteiger partial charge in [-0.1, -0.05) is 33.3 Å². The maximum Gasteiger partial charge on any atom is 0.0272 e. The smallest absolute Gasteiger partial charge is 0.0272 e. The summed E-state index contributed by atoms with van der Waals surface area (Å²) in [6.07, 6.45) is 4.56. The summed E-state index contributed by atoms with van der Waals surface area (Å²) >= 11 is 0. The molecule has 0 aromatic heterocycles. The van der Waals surface area contributed by atoms with Gasteiger partial charge >= 0.3 is 0 Å². The monoisotopic (exact) mass is 155 g/mol. The fourth-order valence-corrected chi connectivity index (χ4v) is 1.39. The van der Waals surface area contributed by atoms with Gasteiger partial charge in [0.05, 0.1) is 0 Å². The van der Waals surface area contributed by atoms with Gasteiger partial charge in [0.15, 0.2) is 0 Å². The van der Waals surface area contributed by atoms with Crippen molar-refractivity contribution in [2.24, 2.45) is 5.92 Å². The molecule has 1 heteroatoms. The van der Waals surface area contributed by atoms with Crippen LogP contribution in [0.5, 0.6) is 0 Å². The van der Waals surface area contributed by atoms with Crippen molar-refractivity contribution in [3.63, 3.8) is 0 Å². The molecule has 0 saturated carbocycles. The Bertz CT molecular complexity index is 99.0. The zero-order valence-corrected chi connectivity index (χ0v) is 8.06. The zero-order valence-electron chi connectivity index (χ0n) is 8.06. The van der Waals surface area contributed by atoms with Crippen LogP contribution in [0, 0.1) is 5.92 Å². The third-order valence-corrected chi connectivity index (χ3v) is 2.05. The highest BCUT2D eigenvalue weighted by molar-refractivity contribution is 4.88. The molecular formula is C10H21N. The predicted molar refractivity (Wildman–Crippen MR) is 51.7 cm³/mol. The van der Waals surface area contributed by atoms with Crippen LogP contribution in [0.3, 0.4) is 0 Å². The van der Waals surface area contributed by atoms with Gasteiger partial charge in [-0.25, -0.2) is 0 Å². The van der Waals surface area contributed by atoms with E-state index >= 15 is 0 Å². The summed E-state index contributed by atoms with van der Waals surface area (Å²) in [5.41, 5.74) is 0. The van der Waals surface area contributed by atoms with Crippen molar-refractivity contribution in [1.29, 1.82) is 0 Å². The summed E-state index contributed by atoms with van der Waals surface area (Å²) in [6.45, 7) is 11.5. The van der Waals surface area contributed by atoms with Gasteiger partial charge in [-0.2, -0.15) is 0 Å². The van der Waals surface area contributed by atoms with Crippen molar-refractivity contribution in [2.75, 3.05) is 6.54 Å². The molecule has 1 N–H and O–H groups in total. The van der Waals surface area contributed by atoms with Crippen molar-refractivity contribution in [3.05, 3.63) is 12.7 Å². The molecule has 0 aromatic carbocycles. The van der Waals surface area contributed by atoms with E-state index in [0.717, 1.165) is 12.5 Å². The molecule has 0 amide bonds. The molecule has 0 fully saturated rings. The SMILES string of the molecule is C=CC(NCC)C(C)CCC. The van der Waals surface area contributed by atoms with Gasteiger partial charge in [0.25, 0.3) is 0 Å². The van der Waals surface area contributed by atoms with Crippen LogP contribution in [0.15, 0.2) is 12.7 Å². The van der Waals surface area contributed by atoms with Gasteiger partial charge in [0.2, 0.25) is 0 Å². The second kappa shape index (κ2) is 6.41. The van der Waals surface area contributed by atoms with Gasteiger partial charge in [-0.05, 0) is 18.9 Å². The van der Waals surface area contributed by atoms with E-state index in [4.69, 9.17) is 0 Å². The molecule has 0 bridgehead atoms. The third-order valence-electron chi connectivity index (χ3n) is 2.05. The summed E-state index contributed by atoms with van der Waals surface area (Å²) in [5, 5.41) is 3.40. The Balaban J connectivity index is 3.70. The van der Waals surface area contributed by atoms with Crippen LogP contribution >= 0.6 is 0 Å². The second-order valence-electron chi connectivity index (χ2n) is 3.09. The first-order valence-corrected chi connectivity index (χ1v) is 4.62. The Kier molecular flexibility index (Phi) is 6.24. The zero-order chi connectivity index (χ0) is 8.69. The largest absolute Gasteiger partial charge is 0.311 e. The van der Waals surface area contributed by atoms with E-state index in [9.17, 15) is 0 Å². The lowest BCUT2D eigenvalue weighted by Crippen LogP contribution is -2.32. The maximum atomic E-state index is 3.82. The summed E-state index contributed by atoms with van der Waals surface area (Å²) in [5.74, 6) is 0.720. The average molecular weight is 155 g/mol. The number of hydrogen-bond donors (Lipinski definition) is 1. The normalized spacial score (nSPS) is 15.9. The Hall–Kier alpha value is -0.300. The first kappa shape index (κ1) is 10.7. The van der Waals surface area contributed by atoms with Gasteiger partial charge < -0.3 is 5.32 Å². The summed E-state index contributed by atoms with van der Waals surface area (Å²) in [4.78, 5) is 0. The van der Waals surface area contributed by atoms with Crippen molar-refractivity contribution in [2.45, 2.75) is 39.7 Å². The standard InChI is InChI=1S/C10H21N/c1-5-8-9(4)10(6-2)11-7-3/h6,9-11H,2,5,7-8H2,1,3-4H3. The van der Waals surface area contributed by atoms with Gasteiger partial charge in [-0.3, -0.25) is 0 Å². The Morgan fingerprint density at radius 1 is 1.45 bits per heavy atom. The molecule has 0 heterocycles. The molecule has 0 spiro atoms. The molecule has 2 atom stereocenters. The molecule has 0 radical (unpaired) electrons. The lowest BCUT2D eigenvalue weighted by Gasteiger charge is -2.20. The molecule has 1 nitrogen and oxygen atoms in total. The lowest BCUT2D eigenvalue weighted by atomic mass is 9.97. The minimum absolute atomic E-state index is 0.500. The molecule has 0 aliphatic heterocycles. The van der Waals surface area contributed by atoms with Crippen molar-refractivity contribution < 1.29 is 0 Å². The molecule has 0 aromatic rings. The van der Waals surface area contributed by atoms with E-state index in [2.05, 4.69) is 32.7 Å². The second-order valence-corrected chi connectivity index (χ2v) is 3.09. The number of likely N-dealkylation sites (N-methyl/N-ethyl adjacent to an activating group) is 1. The van der Waals surface area contributed by atoms with Crippen molar-refractivity contribution >= 4 is 0 Å². The number of nitrogens with one attached hydrogen (secondary N) is 1. The Morgan fingerprint density at radius 3 is 2.45 bits per heavy atom. The molecule has 0 aliphatic rings. The topological polar surface area (TPSA) is 12.0 Å². The first-order valence-electron chi connectivity index (χ1n) is 4.62. The van der Waals surface area contributed by atoms with Gasteiger partial charge in [-0.15, -0.1) is 6.58 Å². The van der Waals surface area contributed by atoms with E-state index in [1.165, 1.54) is 12.8 Å². The van der Waals surface area contributed by atoms with Crippen LogP contribution in [0.25, 0.3) is 0 Å². The van der Waals surface area contributed by atoms with Crippen LogP contribution in [0.1, 0.15) is 33.6 Å². The van der Waals surface area contributed by atoms with Crippen LogP contribution < -0.4 is 5.32 Å². The molecule has 66 valence electrons. The van der Waals surface area contributed by atoms with Crippen molar-refractivity contribution in [3.8, 4) is 0 Å². The minimum atomic E-state index is 0.500. The Morgan fingerprint density at radius 2 is 2.09 bits per heavy atom. The van der Waals surface area contributed by atoms with Crippen LogP contribution in [0.2, 0.25) is 0 Å². The van der Waals surface area contributed by atoms with E-state index in [0.29, 0.717) is 6.04 Å². The molecule has 11 heavy (non-hydrogen) atoms. The number of hydrogen-bond acceptors (Lipinski definition) is 1. The third kappa shape index (κ3) is 4.20. The molecule has 0 aliphatic carbocycles. The molecule has 0 rings (SSSR count). The van der Waals surface area contributed by atoms with E-state index in [1.54, 1.807) is 0 Å². The summed E-state index contributed by atoms with van der Waals surface area (Å²) in [6, 6.07) is 0.500. The quantitative estimate of drug-likeness (QED) is 0.581.